The molecule has 118 valence electrons. The standard InChI is InChI=1S/C19H16N4O/c1-23-18(10-11-20-23)19(24)21-15-8-6-13(7-9-15)17-12-14-4-2-3-5-16(14)22-17/h2-12,22H,1H3,(H,21,24). The Bertz CT molecular complexity index is 978. The Morgan fingerprint density at radius 3 is 2.58 bits per heavy atom. The van der Waals surface area contributed by atoms with Gasteiger partial charge in [0.15, 0.2) is 0 Å². The molecule has 2 aromatic heterocycles. The Labute approximate surface area is 138 Å². The zero-order valence-corrected chi connectivity index (χ0v) is 13.2. The topological polar surface area (TPSA) is 62.7 Å². The van der Waals surface area contributed by atoms with E-state index in [1.165, 1.54) is 5.39 Å². The summed E-state index contributed by atoms with van der Waals surface area (Å²) in [5, 5.41) is 8.07. The first-order valence-corrected chi connectivity index (χ1v) is 7.68. The fraction of sp³-hybridized carbons (Fsp3) is 0.0526. The number of anilines is 1. The van der Waals surface area contributed by atoms with Crippen molar-refractivity contribution in [1.82, 2.24) is 14.8 Å². The number of nitrogens with one attached hydrogen (secondary N) is 2. The lowest BCUT2D eigenvalue weighted by Gasteiger charge is -2.06. The molecule has 0 aliphatic heterocycles. The number of hydrogen-bond donors (Lipinski definition) is 2. The van der Waals surface area contributed by atoms with Crippen LogP contribution in [0.3, 0.4) is 0 Å². The average molecular weight is 316 g/mol. The van der Waals surface area contributed by atoms with Crippen LogP contribution in [0.5, 0.6) is 0 Å². The van der Waals surface area contributed by atoms with Gasteiger partial charge in [0, 0.05) is 35.5 Å². The predicted octanol–water partition coefficient (Wildman–Crippen LogP) is 3.82. The van der Waals surface area contributed by atoms with Gasteiger partial charge < -0.3 is 10.3 Å². The molecule has 0 saturated heterocycles. The molecule has 2 N–H and O–H groups in total. The fourth-order valence-corrected chi connectivity index (χ4v) is 2.75. The minimum Gasteiger partial charge on any atom is -0.355 e. The van der Waals surface area contributed by atoms with Gasteiger partial charge in [-0.05, 0) is 35.9 Å². The first-order chi connectivity index (χ1) is 11.7. The van der Waals surface area contributed by atoms with E-state index in [9.17, 15) is 4.79 Å². The Morgan fingerprint density at radius 1 is 1.08 bits per heavy atom. The summed E-state index contributed by atoms with van der Waals surface area (Å²) in [7, 11) is 1.74. The van der Waals surface area contributed by atoms with Crippen molar-refractivity contribution in [3.8, 4) is 11.3 Å². The van der Waals surface area contributed by atoms with E-state index < -0.39 is 0 Å². The minimum absolute atomic E-state index is 0.173. The first kappa shape index (κ1) is 14.3. The lowest BCUT2D eigenvalue weighted by atomic mass is 10.1. The minimum atomic E-state index is -0.173. The van der Waals surface area contributed by atoms with E-state index in [4.69, 9.17) is 0 Å². The number of benzene rings is 2. The van der Waals surface area contributed by atoms with Crippen molar-refractivity contribution in [2.75, 3.05) is 5.32 Å². The van der Waals surface area contributed by atoms with Crippen LogP contribution in [0.2, 0.25) is 0 Å². The van der Waals surface area contributed by atoms with Gasteiger partial charge >= 0.3 is 0 Å². The molecule has 4 aromatic rings. The number of aromatic amines is 1. The van der Waals surface area contributed by atoms with Crippen LogP contribution in [0.25, 0.3) is 22.2 Å². The van der Waals surface area contributed by atoms with Crippen molar-refractivity contribution in [2.45, 2.75) is 0 Å². The van der Waals surface area contributed by atoms with Crippen LogP contribution < -0.4 is 5.32 Å². The third kappa shape index (κ3) is 2.56. The molecule has 0 aliphatic carbocycles. The second kappa shape index (κ2) is 5.70. The van der Waals surface area contributed by atoms with Gasteiger partial charge in [0.1, 0.15) is 5.69 Å². The highest BCUT2D eigenvalue weighted by Crippen LogP contribution is 2.25. The number of carbonyl (C=O) groups is 1. The van der Waals surface area contributed by atoms with Crippen LogP contribution in [0.15, 0.2) is 66.9 Å². The summed E-state index contributed by atoms with van der Waals surface area (Å²) >= 11 is 0. The van der Waals surface area contributed by atoms with Crippen LogP contribution in [-0.4, -0.2) is 20.7 Å². The molecule has 4 rings (SSSR count). The third-order valence-electron chi connectivity index (χ3n) is 4.04. The molecule has 2 heterocycles. The summed E-state index contributed by atoms with van der Waals surface area (Å²) in [6, 6.07) is 19.8. The number of fused-ring (bicyclic) bond motifs is 1. The quantitative estimate of drug-likeness (QED) is 0.603. The van der Waals surface area contributed by atoms with Crippen LogP contribution in [0.4, 0.5) is 5.69 Å². The number of aromatic nitrogens is 3. The molecule has 0 saturated carbocycles. The number of H-pyrrole nitrogens is 1. The maximum absolute atomic E-state index is 12.2. The zero-order valence-electron chi connectivity index (χ0n) is 13.2. The molecule has 0 fully saturated rings. The van der Waals surface area contributed by atoms with Gasteiger partial charge in [-0.25, -0.2) is 0 Å². The molecule has 24 heavy (non-hydrogen) atoms. The molecular formula is C19H16N4O. The molecule has 0 aliphatic rings. The second-order valence-corrected chi connectivity index (χ2v) is 5.64. The number of carbonyl (C=O) groups excluding carboxylic acids is 1. The zero-order chi connectivity index (χ0) is 16.5. The SMILES string of the molecule is Cn1nccc1C(=O)Nc1ccc(-c2cc3ccccc3[nH]2)cc1. The van der Waals surface area contributed by atoms with Gasteiger partial charge in [0.2, 0.25) is 0 Å². The Balaban J connectivity index is 1.56. The monoisotopic (exact) mass is 316 g/mol. The summed E-state index contributed by atoms with van der Waals surface area (Å²) in [5.74, 6) is -0.173. The Hall–Kier alpha value is -3.34. The van der Waals surface area contributed by atoms with Crippen molar-refractivity contribution in [3.05, 3.63) is 72.6 Å². The van der Waals surface area contributed by atoms with Crippen molar-refractivity contribution in [2.24, 2.45) is 7.05 Å². The van der Waals surface area contributed by atoms with Gasteiger partial charge in [-0.2, -0.15) is 5.10 Å². The van der Waals surface area contributed by atoms with E-state index in [0.717, 1.165) is 22.5 Å². The smallest absolute Gasteiger partial charge is 0.273 e. The van der Waals surface area contributed by atoms with E-state index in [0.29, 0.717) is 5.69 Å². The van der Waals surface area contributed by atoms with Crippen molar-refractivity contribution < 1.29 is 4.79 Å². The molecule has 0 bridgehead atoms. The molecule has 0 radical (unpaired) electrons. The summed E-state index contributed by atoms with van der Waals surface area (Å²) in [5.41, 5.74) is 4.52. The second-order valence-electron chi connectivity index (χ2n) is 5.64. The van der Waals surface area contributed by atoms with Crippen LogP contribution in [0, 0.1) is 0 Å². The lowest BCUT2D eigenvalue weighted by Crippen LogP contribution is -2.15. The van der Waals surface area contributed by atoms with Gasteiger partial charge in [0.05, 0.1) is 0 Å². The van der Waals surface area contributed by atoms with Gasteiger partial charge in [-0.15, -0.1) is 0 Å². The largest absolute Gasteiger partial charge is 0.355 e. The molecule has 1 amide bonds. The average Bonchev–Trinajstić information content (AvgIpc) is 3.21. The number of rotatable bonds is 3. The fourth-order valence-electron chi connectivity index (χ4n) is 2.75. The van der Waals surface area contributed by atoms with Crippen LogP contribution in [0.1, 0.15) is 10.5 Å². The van der Waals surface area contributed by atoms with Gasteiger partial charge in [0.25, 0.3) is 5.91 Å². The Morgan fingerprint density at radius 2 is 1.88 bits per heavy atom. The highest BCUT2D eigenvalue weighted by atomic mass is 16.2. The Kier molecular flexibility index (Phi) is 3.39. The summed E-state index contributed by atoms with van der Waals surface area (Å²) in [6.07, 6.45) is 1.61. The normalized spacial score (nSPS) is 10.9. The van der Waals surface area contributed by atoms with E-state index in [1.807, 2.05) is 36.4 Å². The lowest BCUT2D eigenvalue weighted by molar-refractivity contribution is 0.101. The molecule has 5 heteroatoms. The van der Waals surface area contributed by atoms with Crippen LogP contribution in [-0.2, 0) is 7.05 Å². The van der Waals surface area contributed by atoms with E-state index in [-0.39, 0.29) is 5.91 Å². The number of amides is 1. The van der Waals surface area contributed by atoms with E-state index >= 15 is 0 Å². The highest BCUT2D eigenvalue weighted by molar-refractivity contribution is 6.03. The number of hydrogen-bond acceptors (Lipinski definition) is 2. The molecule has 5 nitrogen and oxygen atoms in total. The summed E-state index contributed by atoms with van der Waals surface area (Å²) in [6.45, 7) is 0. The maximum atomic E-state index is 12.2. The molecular weight excluding hydrogens is 300 g/mol. The number of para-hydroxylation sites is 1. The van der Waals surface area contributed by atoms with E-state index in [2.05, 4.69) is 33.6 Å². The van der Waals surface area contributed by atoms with Crippen molar-refractivity contribution in [1.29, 1.82) is 0 Å². The summed E-state index contributed by atoms with van der Waals surface area (Å²) < 4.78 is 1.55. The van der Waals surface area contributed by atoms with Crippen LogP contribution >= 0.6 is 0 Å². The van der Waals surface area contributed by atoms with Gasteiger partial charge in [-0.3, -0.25) is 9.48 Å². The van der Waals surface area contributed by atoms with Gasteiger partial charge in [-0.1, -0.05) is 30.3 Å². The van der Waals surface area contributed by atoms with Crippen molar-refractivity contribution in [3.63, 3.8) is 0 Å². The molecule has 2 aromatic carbocycles. The highest BCUT2D eigenvalue weighted by Gasteiger charge is 2.10. The molecule has 0 atom stereocenters. The van der Waals surface area contributed by atoms with E-state index in [1.54, 1.807) is 24.0 Å². The number of aryl methyl sites for hydroxylation is 1. The number of nitrogens with zero attached hydrogens (tertiary/aromatic N) is 2. The van der Waals surface area contributed by atoms with Crippen molar-refractivity contribution >= 4 is 22.5 Å². The predicted molar refractivity (Wildman–Crippen MR) is 94.9 cm³/mol. The summed E-state index contributed by atoms with van der Waals surface area (Å²) in [4.78, 5) is 15.6. The first-order valence-electron chi connectivity index (χ1n) is 7.68. The maximum Gasteiger partial charge on any atom is 0.273 e. The third-order valence-corrected chi connectivity index (χ3v) is 4.04. The molecule has 0 unspecified atom stereocenters. The molecule has 0 spiro atoms.